The molecular formula is C12H6BrNO4. The summed E-state index contributed by atoms with van der Waals surface area (Å²) in [7, 11) is 0. The second kappa shape index (κ2) is 3.99. The predicted octanol–water partition coefficient (Wildman–Crippen LogP) is 2.92. The Bertz CT molecular complexity index is 777. The maximum Gasteiger partial charge on any atom is 0.202 e. The minimum atomic E-state index is -0.231. The zero-order chi connectivity index (χ0) is 12.7. The topological polar surface area (TPSA) is 76.5 Å². The van der Waals surface area contributed by atoms with Gasteiger partial charge < -0.3 is 14.0 Å². The minimum Gasteiger partial charge on any atom is -0.507 e. The summed E-state index contributed by atoms with van der Waals surface area (Å²) in [5.41, 5.74) is 0.793. The van der Waals surface area contributed by atoms with Crippen molar-refractivity contribution in [3.8, 4) is 17.0 Å². The van der Waals surface area contributed by atoms with Gasteiger partial charge in [0.1, 0.15) is 28.4 Å². The predicted molar refractivity (Wildman–Crippen MR) is 67.3 cm³/mol. The van der Waals surface area contributed by atoms with Crippen LogP contribution in [0.5, 0.6) is 5.75 Å². The smallest absolute Gasteiger partial charge is 0.202 e. The largest absolute Gasteiger partial charge is 0.507 e. The Kier molecular flexibility index (Phi) is 2.45. The Morgan fingerprint density at radius 2 is 2.11 bits per heavy atom. The van der Waals surface area contributed by atoms with Gasteiger partial charge in [-0.15, -0.1) is 0 Å². The van der Waals surface area contributed by atoms with Gasteiger partial charge in [0.25, 0.3) is 0 Å². The van der Waals surface area contributed by atoms with E-state index in [9.17, 15) is 9.90 Å². The van der Waals surface area contributed by atoms with Gasteiger partial charge in [0.05, 0.1) is 10.9 Å². The maximum atomic E-state index is 12.2. The number of phenols is 1. The molecule has 90 valence electrons. The standard InChI is InChI=1S/C12H6BrNO4/c13-10-9(15)2-1-6-11(16)7(5-17-12(6)10)8-3-4-18-14-8/h1-5,15H. The van der Waals surface area contributed by atoms with E-state index < -0.39 is 0 Å². The van der Waals surface area contributed by atoms with E-state index in [1.165, 1.54) is 24.7 Å². The van der Waals surface area contributed by atoms with Crippen molar-refractivity contribution in [1.29, 1.82) is 0 Å². The Morgan fingerprint density at radius 1 is 1.28 bits per heavy atom. The molecule has 0 unspecified atom stereocenters. The molecule has 1 N–H and O–H groups in total. The SMILES string of the molecule is O=c1c(-c2ccon2)coc2c(Br)c(O)ccc12. The van der Waals surface area contributed by atoms with Crippen molar-refractivity contribution in [2.45, 2.75) is 0 Å². The Balaban J connectivity index is 2.38. The fourth-order valence-electron chi connectivity index (χ4n) is 1.68. The molecule has 0 aliphatic rings. The third-order valence-electron chi connectivity index (χ3n) is 2.57. The van der Waals surface area contributed by atoms with Crippen LogP contribution >= 0.6 is 15.9 Å². The second-order valence-corrected chi connectivity index (χ2v) is 4.43. The van der Waals surface area contributed by atoms with Crippen LogP contribution in [0.1, 0.15) is 0 Å². The molecule has 18 heavy (non-hydrogen) atoms. The summed E-state index contributed by atoms with van der Waals surface area (Å²) < 4.78 is 10.4. The number of rotatable bonds is 1. The van der Waals surface area contributed by atoms with Gasteiger partial charge in [-0.3, -0.25) is 4.79 Å². The average molecular weight is 308 g/mol. The summed E-state index contributed by atoms with van der Waals surface area (Å²) in [5.74, 6) is 0.0137. The summed E-state index contributed by atoms with van der Waals surface area (Å²) in [6, 6.07) is 4.51. The van der Waals surface area contributed by atoms with Gasteiger partial charge >= 0.3 is 0 Å². The maximum absolute atomic E-state index is 12.2. The lowest BCUT2D eigenvalue weighted by Gasteiger charge is -2.02. The highest BCUT2D eigenvalue weighted by molar-refractivity contribution is 9.10. The summed E-state index contributed by atoms with van der Waals surface area (Å²) in [5, 5.41) is 13.6. The monoisotopic (exact) mass is 307 g/mol. The van der Waals surface area contributed by atoms with E-state index in [-0.39, 0.29) is 11.2 Å². The molecule has 3 rings (SSSR count). The lowest BCUT2D eigenvalue weighted by molar-refractivity contribution is 0.422. The highest BCUT2D eigenvalue weighted by atomic mass is 79.9. The molecule has 0 aliphatic carbocycles. The number of halogens is 1. The van der Waals surface area contributed by atoms with E-state index in [2.05, 4.69) is 21.1 Å². The van der Waals surface area contributed by atoms with E-state index in [1.807, 2.05) is 0 Å². The van der Waals surface area contributed by atoms with Crippen LogP contribution in [0, 0.1) is 0 Å². The molecule has 6 heteroatoms. The molecule has 0 atom stereocenters. The molecule has 2 heterocycles. The number of aromatic nitrogens is 1. The summed E-state index contributed by atoms with van der Waals surface area (Å²) in [6.45, 7) is 0. The number of hydrogen-bond donors (Lipinski definition) is 1. The number of benzene rings is 1. The summed E-state index contributed by atoms with van der Waals surface area (Å²) >= 11 is 3.17. The molecule has 0 saturated carbocycles. The van der Waals surface area contributed by atoms with Gasteiger partial charge in [-0.05, 0) is 28.1 Å². The highest BCUT2D eigenvalue weighted by Gasteiger charge is 2.14. The quantitative estimate of drug-likeness (QED) is 0.748. The van der Waals surface area contributed by atoms with Gasteiger partial charge in [0.2, 0.25) is 5.43 Å². The molecule has 2 aromatic heterocycles. The van der Waals surface area contributed by atoms with E-state index >= 15 is 0 Å². The third kappa shape index (κ3) is 1.53. The number of phenolic OH excluding ortho intramolecular Hbond substituents is 1. The molecule has 0 amide bonds. The van der Waals surface area contributed by atoms with Crippen molar-refractivity contribution < 1.29 is 14.0 Å². The number of hydrogen-bond acceptors (Lipinski definition) is 5. The molecular weight excluding hydrogens is 302 g/mol. The van der Waals surface area contributed by atoms with Crippen molar-refractivity contribution in [1.82, 2.24) is 5.16 Å². The van der Waals surface area contributed by atoms with Gasteiger partial charge in [-0.2, -0.15) is 0 Å². The van der Waals surface area contributed by atoms with Crippen molar-refractivity contribution in [3.63, 3.8) is 0 Å². The minimum absolute atomic E-state index is 0.0137. The van der Waals surface area contributed by atoms with Crippen LogP contribution < -0.4 is 5.43 Å². The lowest BCUT2D eigenvalue weighted by Crippen LogP contribution is -2.05. The van der Waals surface area contributed by atoms with Crippen molar-refractivity contribution in [2.75, 3.05) is 0 Å². The van der Waals surface area contributed by atoms with Crippen LogP contribution in [0.4, 0.5) is 0 Å². The third-order valence-corrected chi connectivity index (χ3v) is 3.34. The number of fused-ring (bicyclic) bond motifs is 1. The molecule has 5 nitrogen and oxygen atoms in total. The highest BCUT2D eigenvalue weighted by Crippen LogP contribution is 2.31. The van der Waals surface area contributed by atoms with Gasteiger partial charge in [-0.25, -0.2) is 0 Å². The van der Waals surface area contributed by atoms with E-state index in [0.29, 0.717) is 26.7 Å². The molecule has 1 aromatic carbocycles. The summed E-state index contributed by atoms with van der Waals surface area (Å²) in [4.78, 5) is 12.2. The van der Waals surface area contributed by atoms with Crippen LogP contribution in [-0.2, 0) is 0 Å². The van der Waals surface area contributed by atoms with E-state index in [4.69, 9.17) is 8.94 Å². The molecule has 0 fully saturated rings. The first-order chi connectivity index (χ1) is 8.68. The molecule has 0 aliphatic heterocycles. The Morgan fingerprint density at radius 3 is 2.83 bits per heavy atom. The number of aromatic hydroxyl groups is 1. The van der Waals surface area contributed by atoms with Gasteiger partial charge in [0, 0.05) is 6.07 Å². The number of nitrogens with zero attached hydrogens (tertiary/aromatic N) is 1. The van der Waals surface area contributed by atoms with Gasteiger partial charge in [-0.1, -0.05) is 5.16 Å². The normalized spacial score (nSPS) is 10.9. The van der Waals surface area contributed by atoms with Crippen LogP contribution in [0.3, 0.4) is 0 Å². The van der Waals surface area contributed by atoms with Crippen molar-refractivity contribution >= 4 is 26.9 Å². The van der Waals surface area contributed by atoms with Crippen LogP contribution in [0.15, 0.2) is 48.9 Å². The zero-order valence-electron chi connectivity index (χ0n) is 8.88. The molecule has 0 radical (unpaired) electrons. The Hall–Kier alpha value is -2.08. The molecule has 3 aromatic rings. The first kappa shape index (κ1) is 11.0. The van der Waals surface area contributed by atoms with E-state index in [0.717, 1.165) is 0 Å². The van der Waals surface area contributed by atoms with Gasteiger partial charge in [0.15, 0.2) is 5.58 Å². The molecule has 0 saturated heterocycles. The lowest BCUT2D eigenvalue weighted by atomic mass is 10.1. The first-order valence-electron chi connectivity index (χ1n) is 5.02. The fraction of sp³-hybridized carbons (Fsp3) is 0. The van der Waals surface area contributed by atoms with Crippen LogP contribution in [0.25, 0.3) is 22.2 Å². The average Bonchev–Trinajstić information content (AvgIpc) is 2.88. The second-order valence-electron chi connectivity index (χ2n) is 3.64. The Labute approximate surface area is 109 Å². The van der Waals surface area contributed by atoms with Crippen LogP contribution in [0.2, 0.25) is 0 Å². The van der Waals surface area contributed by atoms with Crippen molar-refractivity contribution in [2.24, 2.45) is 0 Å². The van der Waals surface area contributed by atoms with Crippen molar-refractivity contribution in [3.05, 3.63) is 45.4 Å². The molecule has 0 bridgehead atoms. The zero-order valence-corrected chi connectivity index (χ0v) is 10.5. The molecule has 0 spiro atoms. The fourth-order valence-corrected chi connectivity index (χ4v) is 2.12. The van der Waals surface area contributed by atoms with Crippen LogP contribution in [-0.4, -0.2) is 10.3 Å². The summed E-state index contributed by atoms with van der Waals surface area (Å²) in [6.07, 6.45) is 2.68. The first-order valence-corrected chi connectivity index (χ1v) is 5.81. The van der Waals surface area contributed by atoms with E-state index in [1.54, 1.807) is 6.07 Å².